The van der Waals surface area contributed by atoms with Crippen LogP contribution >= 0.6 is 11.3 Å². The van der Waals surface area contributed by atoms with Crippen molar-refractivity contribution in [1.29, 1.82) is 0 Å². The van der Waals surface area contributed by atoms with Crippen LogP contribution in [0.3, 0.4) is 0 Å². The van der Waals surface area contributed by atoms with Gasteiger partial charge in [-0.25, -0.2) is 0 Å². The number of likely N-dealkylation sites (tertiary alicyclic amines) is 1. The standard InChI is InChI=1S/C21H24N4O3S/c1-3-17(26)25-8-4-5-14(11-25)24-20(27)13-6-7-16-15(9-13)18-19(29-16)21(28)23-12(2)10-22-18/h3,6-7,9,12,14,22H,1,4-5,8,10-11H2,2H3,(H,23,28)(H,24,27)/t12-,14-/m1/s1. The zero-order valence-electron chi connectivity index (χ0n) is 16.3. The fraction of sp³-hybridized carbons (Fsp3) is 0.381. The summed E-state index contributed by atoms with van der Waals surface area (Å²) in [6.45, 7) is 7.30. The van der Waals surface area contributed by atoms with Crippen molar-refractivity contribution in [2.75, 3.05) is 25.0 Å². The Kier molecular flexibility index (Phi) is 5.27. The molecule has 3 heterocycles. The lowest BCUT2D eigenvalue weighted by Gasteiger charge is -2.32. The first-order valence-electron chi connectivity index (χ1n) is 9.79. The van der Waals surface area contributed by atoms with Gasteiger partial charge >= 0.3 is 0 Å². The van der Waals surface area contributed by atoms with E-state index in [1.54, 1.807) is 11.0 Å². The second-order valence-corrected chi connectivity index (χ2v) is 8.63. The van der Waals surface area contributed by atoms with Crippen LogP contribution in [0.4, 0.5) is 5.69 Å². The molecule has 1 aromatic heterocycles. The molecule has 1 fully saturated rings. The molecule has 0 aliphatic carbocycles. The minimum atomic E-state index is -0.170. The molecule has 0 saturated carbocycles. The molecular formula is C21H24N4O3S. The Morgan fingerprint density at radius 2 is 2.21 bits per heavy atom. The van der Waals surface area contributed by atoms with Crippen molar-refractivity contribution in [3.63, 3.8) is 0 Å². The predicted octanol–water partition coefficient (Wildman–Crippen LogP) is 2.35. The van der Waals surface area contributed by atoms with Crippen molar-refractivity contribution in [2.24, 2.45) is 0 Å². The topological polar surface area (TPSA) is 90.5 Å². The van der Waals surface area contributed by atoms with Crippen LogP contribution in [0.5, 0.6) is 0 Å². The number of thiophene rings is 1. The van der Waals surface area contributed by atoms with E-state index in [0.29, 0.717) is 30.1 Å². The summed E-state index contributed by atoms with van der Waals surface area (Å²) < 4.78 is 0.962. The number of hydrogen-bond donors (Lipinski definition) is 3. The lowest BCUT2D eigenvalue weighted by atomic mass is 10.0. The maximum atomic E-state index is 12.8. The van der Waals surface area contributed by atoms with E-state index >= 15 is 0 Å². The van der Waals surface area contributed by atoms with Gasteiger partial charge in [-0.05, 0) is 44.0 Å². The van der Waals surface area contributed by atoms with Crippen LogP contribution in [0, 0.1) is 0 Å². The third-order valence-corrected chi connectivity index (χ3v) is 6.53. The molecule has 152 valence electrons. The third kappa shape index (κ3) is 3.85. The van der Waals surface area contributed by atoms with Crippen LogP contribution in [0.1, 0.15) is 39.8 Å². The summed E-state index contributed by atoms with van der Waals surface area (Å²) in [5.41, 5.74) is 1.34. The van der Waals surface area contributed by atoms with Crippen LogP contribution in [0.15, 0.2) is 30.9 Å². The summed E-state index contributed by atoms with van der Waals surface area (Å²) in [6, 6.07) is 5.46. The largest absolute Gasteiger partial charge is 0.381 e. The SMILES string of the molecule is C=CC(=O)N1CCC[C@@H](NC(=O)c2ccc3sc4c(c3c2)NC[C@@H](C)NC4=O)C1. The molecule has 3 amide bonds. The second kappa shape index (κ2) is 7.87. The number of amides is 3. The molecular weight excluding hydrogens is 388 g/mol. The third-order valence-electron chi connectivity index (χ3n) is 5.36. The molecule has 1 aromatic carbocycles. The first-order chi connectivity index (χ1) is 14.0. The number of carbonyl (C=O) groups is 3. The van der Waals surface area contributed by atoms with Crippen LogP contribution in [-0.4, -0.2) is 54.3 Å². The molecule has 7 nitrogen and oxygen atoms in total. The zero-order chi connectivity index (χ0) is 20.5. The van der Waals surface area contributed by atoms with Gasteiger partial charge in [0.25, 0.3) is 11.8 Å². The molecule has 1 saturated heterocycles. The van der Waals surface area contributed by atoms with Crippen LogP contribution in [0.2, 0.25) is 0 Å². The molecule has 4 rings (SSSR count). The summed E-state index contributed by atoms with van der Waals surface area (Å²) in [5.74, 6) is -0.361. The van der Waals surface area contributed by atoms with Crippen molar-refractivity contribution >= 4 is 44.8 Å². The smallest absolute Gasteiger partial charge is 0.263 e. The van der Waals surface area contributed by atoms with Crippen molar-refractivity contribution in [2.45, 2.75) is 31.8 Å². The van der Waals surface area contributed by atoms with Gasteiger partial charge in [0, 0.05) is 47.4 Å². The van der Waals surface area contributed by atoms with E-state index in [1.807, 2.05) is 19.1 Å². The van der Waals surface area contributed by atoms with Gasteiger partial charge in [0.15, 0.2) is 0 Å². The van der Waals surface area contributed by atoms with Gasteiger partial charge < -0.3 is 20.9 Å². The summed E-state index contributed by atoms with van der Waals surface area (Å²) in [7, 11) is 0. The van der Waals surface area contributed by atoms with E-state index < -0.39 is 0 Å². The maximum Gasteiger partial charge on any atom is 0.263 e. The number of anilines is 1. The average Bonchev–Trinajstić information content (AvgIpc) is 3.02. The number of nitrogens with one attached hydrogen (secondary N) is 3. The lowest BCUT2D eigenvalue weighted by molar-refractivity contribution is -0.127. The molecule has 0 bridgehead atoms. The molecule has 3 N–H and O–H groups in total. The lowest BCUT2D eigenvalue weighted by Crippen LogP contribution is -2.49. The van der Waals surface area contributed by atoms with Gasteiger partial charge in [-0.2, -0.15) is 0 Å². The molecule has 0 radical (unpaired) electrons. The number of benzene rings is 1. The molecule has 8 heteroatoms. The van der Waals surface area contributed by atoms with Crippen LogP contribution < -0.4 is 16.0 Å². The van der Waals surface area contributed by atoms with Gasteiger partial charge in [-0.1, -0.05) is 6.58 Å². The first kappa shape index (κ1) is 19.4. The minimum Gasteiger partial charge on any atom is -0.381 e. The Bertz CT molecular complexity index is 999. The Balaban J connectivity index is 1.55. The highest BCUT2D eigenvalue weighted by molar-refractivity contribution is 7.21. The van der Waals surface area contributed by atoms with E-state index in [-0.39, 0.29) is 29.8 Å². The Hall–Kier alpha value is -2.87. The fourth-order valence-electron chi connectivity index (χ4n) is 3.86. The molecule has 0 unspecified atom stereocenters. The highest BCUT2D eigenvalue weighted by atomic mass is 32.1. The van der Waals surface area contributed by atoms with Gasteiger partial charge in [0.1, 0.15) is 4.88 Å². The second-order valence-electron chi connectivity index (χ2n) is 7.57. The fourth-order valence-corrected chi connectivity index (χ4v) is 4.93. The normalized spacial score (nSPS) is 21.6. The summed E-state index contributed by atoms with van der Waals surface area (Å²) in [4.78, 5) is 39.5. The molecule has 2 aliphatic rings. The van der Waals surface area contributed by atoms with E-state index in [1.165, 1.54) is 17.4 Å². The van der Waals surface area contributed by atoms with E-state index in [9.17, 15) is 14.4 Å². The number of nitrogens with zero attached hydrogens (tertiary/aromatic N) is 1. The molecule has 2 atom stereocenters. The quantitative estimate of drug-likeness (QED) is 0.675. The highest BCUT2D eigenvalue weighted by Crippen LogP contribution is 2.37. The van der Waals surface area contributed by atoms with Crippen molar-refractivity contribution in [3.05, 3.63) is 41.3 Å². The number of fused-ring (bicyclic) bond motifs is 3. The van der Waals surface area contributed by atoms with Gasteiger partial charge in [-0.3, -0.25) is 14.4 Å². The van der Waals surface area contributed by atoms with Crippen molar-refractivity contribution in [3.8, 4) is 0 Å². The van der Waals surface area contributed by atoms with Crippen molar-refractivity contribution in [1.82, 2.24) is 15.5 Å². The summed E-state index contributed by atoms with van der Waals surface area (Å²) >= 11 is 1.43. The minimum absolute atomic E-state index is 0.0381. The van der Waals surface area contributed by atoms with Gasteiger partial charge in [-0.15, -0.1) is 11.3 Å². The molecule has 0 spiro atoms. The van der Waals surface area contributed by atoms with Gasteiger partial charge in [0.2, 0.25) is 5.91 Å². The Labute approximate surface area is 173 Å². The van der Waals surface area contributed by atoms with E-state index in [0.717, 1.165) is 28.6 Å². The number of hydrogen-bond acceptors (Lipinski definition) is 5. The molecule has 29 heavy (non-hydrogen) atoms. The van der Waals surface area contributed by atoms with Gasteiger partial charge in [0.05, 0.1) is 5.69 Å². The number of piperidine rings is 1. The zero-order valence-corrected chi connectivity index (χ0v) is 17.1. The summed E-state index contributed by atoms with van der Waals surface area (Å²) in [5, 5.41) is 10.2. The Morgan fingerprint density at radius 1 is 1.38 bits per heavy atom. The highest BCUT2D eigenvalue weighted by Gasteiger charge is 2.26. The van der Waals surface area contributed by atoms with Crippen molar-refractivity contribution < 1.29 is 14.4 Å². The van der Waals surface area contributed by atoms with Crippen LogP contribution in [0.25, 0.3) is 10.1 Å². The maximum absolute atomic E-state index is 12.8. The number of carbonyl (C=O) groups excluding carboxylic acids is 3. The Morgan fingerprint density at radius 3 is 3.00 bits per heavy atom. The monoisotopic (exact) mass is 412 g/mol. The first-order valence-corrected chi connectivity index (χ1v) is 10.6. The van der Waals surface area contributed by atoms with E-state index in [4.69, 9.17) is 0 Å². The van der Waals surface area contributed by atoms with E-state index in [2.05, 4.69) is 22.5 Å². The molecule has 2 aromatic rings. The predicted molar refractivity (Wildman–Crippen MR) is 115 cm³/mol. The van der Waals surface area contributed by atoms with Crippen LogP contribution in [-0.2, 0) is 4.79 Å². The molecule has 2 aliphatic heterocycles. The average molecular weight is 413 g/mol. The number of rotatable bonds is 3. The summed E-state index contributed by atoms with van der Waals surface area (Å²) in [6.07, 6.45) is 2.99.